The molecule has 0 aliphatic heterocycles. The third-order valence-corrected chi connectivity index (χ3v) is 1.90. The molecule has 0 saturated heterocycles. The van der Waals surface area contributed by atoms with E-state index in [9.17, 15) is 0 Å². The number of nitrogens with zero attached hydrogens (tertiary/aromatic N) is 2. The van der Waals surface area contributed by atoms with Crippen molar-refractivity contribution in [1.82, 2.24) is 9.97 Å². The van der Waals surface area contributed by atoms with Crippen LogP contribution in [0.2, 0.25) is 0 Å². The van der Waals surface area contributed by atoms with Gasteiger partial charge in [-0.05, 0) is 13.0 Å². The van der Waals surface area contributed by atoms with Crippen LogP contribution in [0, 0.1) is 6.92 Å². The van der Waals surface area contributed by atoms with Gasteiger partial charge in [-0.15, -0.1) is 0 Å². The SMILES string of the molecule is COC[C@@H](CN)c1cc(C)ncn1. The normalized spacial score (nSPS) is 12.8. The molecule has 0 radical (unpaired) electrons. The van der Waals surface area contributed by atoms with Crippen molar-refractivity contribution in [2.75, 3.05) is 20.3 Å². The van der Waals surface area contributed by atoms with Crippen molar-refractivity contribution in [2.45, 2.75) is 12.8 Å². The van der Waals surface area contributed by atoms with Crippen LogP contribution >= 0.6 is 0 Å². The first-order valence-electron chi connectivity index (χ1n) is 4.25. The van der Waals surface area contributed by atoms with E-state index in [-0.39, 0.29) is 5.92 Å². The minimum absolute atomic E-state index is 0.173. The smallest absolute Gasteiger partial charge is 0.115 e. The zero-order chi connectivity index (χ0) is 9.68. The second-order valence-electron chi connectivity index (χ2n) is 2.97. The maximum absolute atomic E-state index is 5.60. The number of nitrogens with two attached hydrogens (primary N) is 1. The average molecular weight is 181 g/mol. The summed E-state index contributed by atoms with van der Waals surface area (Å²) in [6.45, 7) is 3.09. The van der Waals surface area contributed by atoms with Crippen molar-refractivity contribution < 1.29 is 4.74 Å². The van der Waals surface area contributed by atoms with Gasteiger partial charge in [-0.1, -0.05) is 0 Å². The highest BCUT2D eigenvalue weighted by atomic mass is 16.5. The standard InChI is InChI=1S/C9H15N3O/c1-7-3-9(12-6-11-7)8(4-10)5-13-2/h3,6,8H,4-5,10H2,1-2H3/t8-/m1/s1. The lowest BCUT2D eigenvalue weighted by Crippen LogP contribution is -2.18. The monoisotopic (exact) mass is 181 g/mol. The molecule has 72 valence electrons. The van der Waals surface area contributed by atoms with Gasteiger partial charge in [0.25, 0.3) is 0 Å². The largest absolute Gasteiger partial charge is 0.384 e. The zero-order valence-corrected chi connectivity index (χ0v) is 8.03. The van der Waals surface area contributed by atoms with Crippen LogP contribution < -0.4 is 5.73 Å². The number of hydrogen-bond acceptors (Lipinski definition) is 4. The van der Waals surface area contributed by atoms with E-state index in [1.807, 2.05) is 13.0 Å². The molecule has 13 heavy (non-hydrogen) atoms. The molecular formula is C9H15N3O. The fourth-order valence-corrected chi connectivity index (χ4v) is 1.17. The van der Waals surface area contributed by atoms with E-state index in [2.05, 4.69) is 9.97 Å². The predicted molar refractivity (Wildman–Crippen MR) is 50.4 cm³/mol. The molecule has 4 heteroatoms. The number of ether oxygens (including phenoxy) is 1. The first-order chi connectivity index (χ1) is 6.27. The fourth-order valence-electron chi connectivity index (χ4n) is 1.17. The number of aryl methyl sites for hydroxylation is 1. The van der Waals surface area contributed by atoms with Gasteiger partial charge in [0.1, 0.15) is 6.33 Å². The van der Waals surface area contributed by atoms with Crippen LogP contribution in [-0.2, 0) is 4.74 Å². The summed E-state index contributed by atoms with van der Waals surface area (Å²) >= 11 is 0. The molecule has 2 N–H and O–H groups in total. The van der Waals surface area contributed by atoms with E-state index >= 15 is 0 Å². The lowest BCUT2D eigenvalue weighted by Gasteiger charge is -2.12. The first kappa shape index (κ1) is 10.1. The van der Waals surface area contributed by atoms with Crippen molar-refractivity contribution in [2.24, 2.45) is 5.73 Å². The van der Waals surface area contributed by atoms with Crippen LogP contribution in [0.5, 0.6) is 0 Å². The van der Waals surface area contributed by atoms with Crippen LogP contribution in [0.25, 0.3) is 0 Å². The summed E-state index contributed by atoms with van der Waals surface area (Å²) in [5.74, 6) is 0.173. The van der Waals surface area contributed by atoms with Crippen molar-refractivity contribution in [3.05, 3.63) is 23.8 Å². The Labute approximate surface area is 78.1 Å². The summed E-state index contributed by atoms with van der Waals surface area (Å²) in [6.07, 6.45) is 1.56. The molecular weight excluding hydrogens is 166 g/mol. The summed E-state index contributed by atoms with van der Waals surface area (Å²) in [4.78, 5) is 8.18. The van der Waals surface area contributed by atoms with Gasteiger partial charge in [-0.3, -0.25) is 0 Å². The highest BCUT2D eigenvalue weighted by Crippen LogP contribution is 2.11. The van der Waals surface area contributed by atoms with E-state index in [0.717, 1.165) is 11.4 Å². The molecule has 1 heterocycles. The van der Waals surface area contributed by atoms with Crippen molar-refractivity contribution in [1.29, 1.82) is 0 Å². The Hall–Kier alpha value is -1.00. The molecule has 0 aromatic carbocycles. The van der Waals surface area contributed by atoms with Gasteiger partial charge in [0.15, 0.2) is 0 Å². The molecule has 0 fully saturated rings. The van der Waals surface area contributed by atoms with E-state index in [4.69, 9.17) is 10.5 Å². The molecule has 0 spiro atoms. The van der Waals surface area contributed by atoms with E-state index in [0.29, 0.717) is 13.2 Å². The fraction of sp³-hybridized carbons (Fsp3) is 0.556. The maximum Gasteiger partial charge on any atom is 0.115 e. The molecule has 0 amide bonds. The minimum Gasteiger partial charge on any atom is -0.384 e. The van der Waals surface area contributed by atoms with E-state index in [1.54, 1.807) is 13.4 Å². The molecule has 0 saturated carbocycles. The first-order valence-corrected chi connectivity index (χ1v) is 4.25. The van der Waals surface area contributed by atoms with Gasteiger partial charge in [0.2, 0.25) is 0 Å². The number of rotatable bonds is 4. The third-order valence-electron chi connectivity index (χ3n) is 1.90. The molecule has 4 nitrogen and oxygen atoms in total. The molecule has 0 aliphatic rings. The predicted octanol–water partition coefficient (Wildman–Crippen LogP) is 0.474. The van der Waals surface area contributed by atoms with Gasteiger partial charge in [0.05, 0.1) is 12.3 Å². The van der Waals surface area contributed by atoms with Crippen molar-refractivity contribution in [3.8, 4) is 0 Å². The van der Waals surface area contributed by atoms with Gasteiger partial charge in [-0.2, -0.15) is 0 Å². The molecule has 1 rings (SSSR count). The second-order valence-corrected chi connectivity index (χ2v) is 2.97. The average Bonchev–Trinajstić information content (AvgIpc) is 2.14. The third kappa shape index (κ3) is 2.75. The van der Waals surface area contributed by atoms with Crippen molar-refractivity contribution >= 4 is 0 Å². The van der Waals surface area contributed by atoms with Gasteiger partial charge in [-0.25, -0.2) is 9.97 Å². The zero-order valence-electron chi connectivity index (χ0n) is 8.03. The Morgan fingerprint density at radius 3 is 2.85 bits per heavy atom. The number of aromatic nitrogens is 2. The van der Waals surface area contributed by atoms with Crippen LogP contribution in [0.3, 0.4) is 0 Å². The van der Waals surface area contributed by atoms with Gasteiger partial charge in [0, 0.05) is 25.3 Å². The van der Waals surface area contributed by atoms with Gasteiger partial charge >= 0.3 is 0 Å². The van der Waals surface area contributed by atoms with E-state index in [1.165, 1.54) is 0 Å². The Kier molecular flexibility index (Phi) is 3.79. The van der Waals surface area contributed by atoms with Crippen LogP contribution in [0.1, 0.15) is 17.3 Å². The molecule has 0 unspecified atom stereocenters. The molecule has 1 aromatic heterocycles. The Balaban J connectivity index is 2.78. The van der Waals surface area contributed by atoms with Gasteiger partial charge < -0.3 is 10.5 Å². The summed E-state index contributed by atoms with van der Waals surface area (Å²) in [5, 5.41) is 0. The van der Waals surface area contributed by atoms with Crippen LogP contribution in [0.4, 0.5) is 0 Å². The lowest BCUT2D eigenvalue weighted by molar-refractivity contribution is 0.180. The highest BCUT2D eigenvalue weighted by Gasteiger charge is 2.10. The summed E-state index contributed by atoms with van der Waals surface area (Å²) in [7, 11) is 1.66. The Morgan fingerprint density at radius 1 is 1.54 bits per heavy atom. The Morgan fingerprint density at radius 2 is 2.31 bits per heavy atom. The highest BCUT2D eigenvalue weighted by molar-refractivity contribution is 5.12. The quantitative estimate of drug-likeness (QED) is 0.733. The van der Waals surface area contributed by atoms with Crippen LogP contribution in [0.15, 0.2) is 12.4 Å². The van der Waals surface area contributed by atoms with Crippen LogP contribution in [-0.4, -0.2) is 30.2 Å². The Bertz CT molecular complexity index is 265. The minimum atomic E-state index is 0.173. The summed E-state index contributed by atoms with van der Waals surface area (Å²) in [6, 6.07) is 1.94. The maximum atomic E-state index is 5.60. The summed E-state index contributed by atoms with van der Waals surface area (Å²) < 4.78 is 5.05. The number of methoxy groups -OCH3 is 1. The second kappa shape index (κ2) is 4.89. The molecule has 1 aromatic rings. The van der Waals surface area contributed by atoms with Crippen molar-refractivity contribution in [3.63, 3.8) is 0 Å². The number of hydrogen-bond donors (Lipinski definition) is 1. The molecule has 1 atom stereocenters. The summed E-state index contributed by atoms with van der Waals surface area (Å²) in [5.41, 5.74) is 7.51. The lowest BCUT2D eigenvalue weighted by atomic mass is 10.1. The topological polar surface area (TPSA) is 61.0 Å². The van der Waals surface area contributed by atoms with E-state index < -0.39 is 0 Å². The molecule has 0 bridgehead atoms. The molecule has 0 aliphatic carbocycles.